The van der Waals surface area contributed by atoms with Crippen molar-refractivity contribution in [2.24, 2.45) is 5.73 Å². The molecule has 5 heteroatoms. The van der Waals surface area contributed by atoms with E-state index in [0.717, 1.165) is 22.4 Å². The lowest BCUT2D eigenvalue weighted by molar-refractivity contribution is 0.448. The summed E-state index contributed by atoms with van der Waals surface area (Å²) in [5.41, 5.74) is 9.85. The van der Waals surface area contributed by atoms with Gasteiger partial charge in [-0.25, -0.2) is 0 Å². The second-order valence-corrected chi connectivity index (χ2v) is 4.80. The van der Waals surface area contributed by atoms with Crippen molar-refractivity contribution in [3.63, 3.8) is 0 Å². The summed E-state index contributed by atoms with van der Waals surface area (Å²) in [6.07, 6.45) is 0. The van der Waals surface area contributed by atoms with Crippen molar-refractivity contribution >= 4 is 5.84 Å². The highest BCUT2D eigenvalue weighted by atomic mass is 16.5. The zero-order chi connectivity index (χ0) is 14.9. The van der Waals surface area contributed by atoms with Gasteiger partial charge in [0.2, 0.25) is 5.88 Å². The fourth-order valence-electron chi connectivity index (χ4n) is 1.91. The Balaban J connectivity index is 2.52. The minimum absolute atomic E-state index is 0.0687. The summed E-state index contributed by atoms with van der Waals surface area (Å²) in [6, 6.07) is 5.79. The average Bonchev–Trinajstić information content (AvgIpc) is 2.39. The van der Waals surface area contributed by atoms with Gasteiger partial charge in [0.1, 0.15) is 11.6 Å². The highest BCUT2D eigenvalue weighted by Gasteiger charge is 2.16. The third kappa shape index (κ3) is 2.47. The van der Waals surface area contributed by atoms with E-state index in [2.05, 4.69) is 10.2 Å². The van der Waals surface area contributed by atoms with Crippen LogP contribution in [0.4, 0.5) is 0 Å². The lowest BCUT2D eigenvalue weighted by Crippen LogP contribution is -2.16. The van der Waals surface area contributed by atoms with Gasteiger partial charge < -0.3 is 10.5 Å². The maximum atomic E-state index is 7.71. The Kier molecular flexibility index (Phi) is 3.70. The molecule has 2 rings (SSSR count). The van der Waals surface area contributed by atoms with Crippen LogP contribution < -0.4 is 10.5 Å². The first-order chi connectivity index (χ1) is 9.41. The number of hydrogen-bond donors (Lipinski definition) is 2. The van der Waals surface area contributed by atoms with Crippen molar-refractivity contribution in [3.05, 3.63) is 46.1 Å². The van der Waals surface area contributed by atoms with Crippen molar-refractivity contribution in [1.82, 2.24) is 10.2 Å². The Morgan fingerprint density at radius 2 is 1.80 bits per heavy atom. The smallest absolute Gasteiger partial charge is 0.250 e. The zero-order valence-corrected chi connectivity index (χ0v) is 12.1. The predicted molar refractivity (Wildman–Crippen MR) is 78.5 cm³/mol. The molecule has 0 aliphatic carbocycles. The molecule has 0 saturated heterocycles. The Morgan fingerprint density at radius 1 is 1.10 bits per heavy atom. The number of aryl methyl sites for hydroxylation is 2. The van der Waals surface area contributed by atoms with Crippen molar-refractivity contribution < 1.29 is 4.74 Å². The number of aromatic nitrogens is 2. The van der Waals surface area contributed by atoms with Crippen LogP contribution in [0.5, 0.6) is 11.6 Å². The van der Waals surface area contributed by atoms with E-state index in [9.17, 15) is 0 Å². The van der Waals surface area contributed by atoms with Crippen LogP contribution in [-0.2, 0) is 0 Å². The Hall–Kier alpha value is -2.43. The van der Waals surface area contributed by atoms with Gasteiger partial charge in [0.25, 0.3) is 0 Å². The highest BCUT2D eigenvalue weighted by molar-refractivity contribution is 5.98. The quantitative estimate of drug-likeness (QED) is 0.663. The van der Waals surface area contributed by atoms with Crippen LogP contribution in [0.1, 0.15) is 27.9 Å². The van der Waals surface area contributed by atoms with Gasteiger partial charge in [0.05, 0.1) is 11.3 Å². The standard InChI is InChI=1S/C15H18N4O/c1-8-6-5-7-12(9(8)2)20-15-13(14(16)17)10(3)11(4)18-19-15/h5-7H,1-4H3,(H3,16,17). The second kappa shape index (κ2) is 5.28. The lowest BCUT2D eigenvalue weighted by atomic mass is 10.1. The number of hydrogen-bond acceptors (Lipinski definition) is 4. The molecule has 0 amide bonds. The molecule has 0 aliphatic heterocycles. The van der Waals surface area contributed by atoms with Crippen molar-refractivity contribution in [2.75, 3.05) is 0 Å². The first-order valence-corrected chi connectivity index (χ1v) is 6.34. The van der Waals surface area contributed by atoms with Gasteiger partial charge in [-0.15, -0.1) is 5.10 Å². The van der Waals surface area contributed by atoms with Gasteiger partial charge in [0.15, 0.2) is 0 Å². The molecule has 0 aliphatic rings. The van der Waals surface area contributed by atoms with Crippen molar-refractivity contribution in [1.29, 1.82) is 5.41 Å². The van der Waals surface area contributed by atoms with E-state index in [1.807, 2.05) is 45.9 Å². The number of nitrogen functional groups attached to an aromatic ring is 1. The third-order valence-electron chi connectivity index (χ3n) is 3.45. The van der Waals surface area contributed by atoms with Crippen LogP contribution in [0, 0.1) is 33.1 Å². The molecule has 0 spiro atoms. The first-order valence-electron chi connectivity index (χ1n) is 6.34. The molecule has 0 radical (unpaired) electrons. The Labute approximate surface area is 118 Å². The van der Waals surface area contributed by atoms with Gasteiger partial charge >= 0.3 is 0 Å². The van der Waals surface area contributed by atoms with E-state index in [0.29, 0.717) is 11.3 Å². The summed E-state index contributed by atoms with van der Waals surface area (Å²) < 4.78 is 5.82. The van der Waals surface area contributed by atoms with E-state index < -0.39 is 0 Å². The second-order valence-electron chi connectivity index (χ2n) is 4.80. The van der Waals surface area contributed by atoms with E-state index >= 15 is 0 Å². The van der Waals surface area contributed by atoms with Crippen LogP contribution in [0.2, 0.25) is 0 Å². The molecule has 0 saturated carbocycles. The highest BCUT2D eigenvalue weighted by Crippen LogP contribution is 2.29. The number of nitrogens with two attached hydrogens (primary N) is 1. The van der Waals surface area contributed by atoms with Gasteiger partial charge in [0, 0.05) is 0 Å². The minimum Gasteiger partial charge on any atom is -0.437 e. The SMILES string of the molecule is Cc1cccc(Oc2nnc(C)c(C)c2C(=N)N)c1C. The summed E-state index contributed by atoms with van der Waals surface area (Å²) in [4.78, 5) is 0. The topological polar surface area (TPSA) is 84.9 Å². The fourth-order valence-corrected chi connectivity index (χ4v) is 1.91. The minimum atomic E-state index is -0.0687. The number of nitrogens with one attached hydrogen (secondary N) is 1. The maximum Gasteiger partial charge on any atom is 0.250 e. The number of ether oxygens (including phenoxy) is 1. The molecule has 1 aromatic carbocycles. The van der Waals surface area contributed by atoms with Crippen LogP contribution in [0.25, 0.3) is 0 Å². The largest absolute Gasteiger partial charge is 0.437 e. The van der Waals surface area contributed by atoms with Gasteiger partial charge in [-0.3, -0.25) is 5.41 Å². The van der Waals surface area contributed by atoms with Gasteiger partial charge in [-0.1, -0.05) is 12.1 Å². The molecule has 3 N–H and O–H groups in total. The fraction of sp³-hybridized carbons (Fsp3) is 0.267. The molecule has 2 aromatic rings. The van der Waals surface area contributed by atoms with Gasteiger partial charge in [-0.05, 0) is 50.5 Å². The summed E-state index contributed by atoms with van der Waals surface area (Å²) in [5, 5.41) is 15.8. The lowest BCUT2D eigenvalue weighted by Gasteiger charge is -2.14. The van der Waals surface area contributed by atoms with Crippen LogP contribution in [-0.4, -0.2) is 16.0 Å². The van der Waals surface area contributed by atoms with Crippen LogP contribution >= 0.6 is 0 Å². The van der Waals surface area contributed by atoms with Crippen molar-refractivity contribution in [3.8, 4) is 11.6 Å². The Morgan fingerprint density at radius 3 is 2.45 bits per heavy atom. The first kappa shape index (κ1) is 14.0. The monoisotopic (exact) mass is 270 g/mol. The zero-order valence-electron chi connectivity index (χ0n) is 12.1. The molecule has 5 nitrogen and oxygen atoms in total. The number of rotatable bonds is 3. The van der Waals surface area contributed by atoms with E-state index in [1.54, 1.807) is 0 Å². The molecule has 0 fully saturated rings. The number of benzene rings is 1. The molecule has 0 unspecified atom stereocenters. The summed E-state index contributed by atoms with van der Waals surface area (Å²) in [7, 11) is 0. The van der Waals surface area contributed by atoms with Crippen molar-refractivity contribution in [2.45, 2.75) is 27.7 Å². The van der Waals surface area contributed by atoms with Crippen LogP contribution in [0.15, 0.2) is 18.2 Å². The molecule has 104 valence electrons. The molecule has 0 atom stereocenters. The Bertz CT molecular complexity index is 680. The molecular weight excluding hydrogens is 252 g/mol. The van der Waals surface area contributed by atoms with E-state index in [1.165, 1.54) is 0 Å². The molecule has 1 aromatic heterocycles. The molecule has 1 heterocycles. The molecule has 0 bridgehead atoms. The summed E-state index contributed by atoms with van der Waals surface area (Å²) >= 11 is 0. The average molecular weight is 270 g/mol. The molecule has 20 heavy (non-hydrogen) atoms. The number of amidine groups is 1. The number of nitrogens with zero attached hydrogens (tertiary/aromatic N) is 2. The van der Waals surface area contributed by atoms with E-state index in [-0.39, 0.29) is 11.7 Å². The summed E-state index contributed by atoms with van der Waals surface area (Å²) in [6.45, 7) is 7.68. The molecular formula is C15H18N4O. The predicted octanol–water partition coefficient (Wildman–Crippen LogP) is 2.79. The van der Waals surface area contributed by atoms with Gasteiger partial charge in [-0.2, -0.15) is 5.10 Å². The normalized spacial score (nSPS) is 10.4. The summed E-state index contributed by atoms with van der Waals surface area (Å²) in [5.74, 6) is 0.903. The van der Waals surface area contributed by atoms with Crippen LogP contribution in [0.3, 0.4) is 0 Å². The third-order valence-corrected chi connectivity index (χ3v) is 3.45. The maximum absolute atomic E-state index is 7.71. The van der Waals surface area contributed by atoms with E-state index in [4.69, 9.17) is 15.9 Å².